The predicted octanol–water partition coefficient (Wildman–Crippen LogP) is 5.79. The zero-order valence-electron chi connectivity index (χ0n) is 19.6. The number of aromatic nitrogens is 4. The Bertz CT molecular complexity index is 1290. The molecule has 2 aromatic carbocycles. The van der Waals surface area contributed by atoms with Crippen LogP contribution in [0.4, 0.5) is 5.69 Å². The van der Waals surface area contributed by atoms with Gasteiger partial charge in [0.15, 0.2) is 12.4 Å². The van der Waals surface area contributed by atoms with Crippen molar-refractivity contribution in [1.29, 1.82) is 0 Å². The minimum Gasteiger partial charge on any atom is -0.484 e. The van der Waals surface area contributed by atoms with Gasteiger partial charge in [0.05, 0.1) is 0 Å². The van der Waals surface area contributed by atoms with Crippen LogP contribution in [0.1, 0.15) is 61.9 Å². The molecule has 0 aliphatic heterocycles. The highest BCUT2D eigenvalue weighted by molar-refractivity contribution is 7.19. The Morgan fingerprint density at radius 1 is 1.12 bits per heavy atom. The van der Waals surface area contributed by atoms with Crippen LogP contribution in [0.25, 0.3) is 15.5 Å². The number of aryl methyl sites for hydroxylation is 2. The van der Waals surface area contributed by atoms with Crippen molar-refractivity contribution in [2.24, 2.45) is 0 Å². The number of fused-ring (bicyclic) bond motifs is 1. The first-order chi connectivity index (χ1) is 16.6. The van der Waals surface area contributed by atoms with E-state index in [1.54, 1.807) is 4.52 Å². The third-order valence-corrected chi connectivity index (χ3v) is 7.40. The predicted molar refractivity (Wildman–Crippen MR) is 135 cm³/mol. The van der Waals surface area contributed by atoms with Crippen LogP contribution in [0, 0.1) is 6.92 Å². The first-order valence-corrected chi connectivity index (χ1v) is 12.8. The molecule has 0 atom stereocenters. The summed E-state index contributed by atoms with van der Waals surface area (Å²) >= 11 is 1.48. The van der Waals surface area contributed by atoms with E-state index in [1.807, 2.05) is 44.2 Å². The maximum atomic E-state index is 12.6. The third-order valence-electron chi connectivity index (χ3n) is 6.46. The molecular weight excluding hydrogens is 446 g/mol. The molecule has 8 heteroatoms. The SMILES string of the molecule is CCc1nnc2sc(-c3ccc(C)c(NC(=O)COc4ccc(C5CCCCC5)cc4)c3)nn12. The molecule has 2 aromatic heterocycles. The number of nitrogens with zero attached hydrogens (tertiary/aromatic N) is 4. The van der Waals surface area contributed by atoms with Crippen LogP contribution in [0.3, 0.4) is 0 Å². The number of hydrogen-bond donors (Lipinski definition) is 1. The molecule has 7 nitrogen and oxygen atoms in total. The standard InChI is InChI=1S/C26H29N5O2S/c1-3-23-28-29-26-31(23)30-25(34-26)20-10-9-17(2)22(15-20)27-24(32)16-33-21-13-11-19(12-14-21)18-7-5-4-6-8-18/h9-15,18H,3-8,16H2,1-2H3,(H,27,32). The third kappa shape index (κ3) is 4.82. The molecule has 34 heavy (non-hydrogen) atoms. The van der Waals surface area contributed by atoms with Gasteiger partial charge in [-0.25, -0.2) is 0 Å². The maximum Gasteiger partial charge on any atom is 0.262 e. The van der Waals surface area contributed by atoms with Crippen molar-refractivity contribution < 1.29 is 9.53 Å². The summed E-state index contributed by atoms with van der Waals surface area (Å²) in [5.41, 5.74) is 4.03. The smallest absolute Gasteiger partial charge is 0.262 e. The molecule has 1 amide bonds. The highest BCUT2D eigenvalue weighted by atomic mass is 32.1. The molecule has 1 fully saturated rings. The number of amides is 1. The van der Waals surface area contributed by atoms with Gasteiger partial charge >= 0.3 is 0 Å². The minimum atomic E-state index is -0.192. The van der Waals surface area contributed by atoms with Gasteiger partial charge in [-0.3, -0.25) is 4.79 Å². The summed E-state index contributed by atoms with van der Waals surface area (Å²) in [6.45, 7) is 3.96. The molecular formula is C26H29N5O2S. The fraction of sp³-hybridized carbons (Fsp3) is 0.385. The second kappa shape index (κ2) is 9.93. The molecule has 1 saturated carbocycles. The summed E-state index contributed by atoms with van der Waals surface area (Å²) in [5.74, 6) is 2.02. The summed E-state index contributed by atoms with van der Waals surface area (Å²) < 4.78 is 7.53. The van der Waals surface area contributed by atoms with E-state index in [2.05, 4.69) is 32.7 Å². The molecule has 0 radical (unpaired) electrons. The molecule has 1 aliphatic rings. The Labute approximate surface area is 203 Å². The monoisotopic (exact) mass is 475 g/mol. The lowest BCUT2D eigenvalue weighted by atomic mass is 9.84. The number of carbonyl (C=O) groups is 1. The van der Waals surface area contributed by atoms with Crippen LogP contribution in [-0.4, -0.2) is 32.3 Å². The van der Waals surface area contributed by atoms with Gasteiger partial charge in [0.2, 0.25) is 4.96 Å². The van der Waals surface area contributed by atoms with Gasteiger partial charge in [0.25, 0.3) is 5.91 Å². The second-order valence-corrected chi connectivity index (χ2v) is 9.80. The minimum absolute atomic E-state index is 0.0386. The van der Waals surface area contributed by atoms with Crippen molar-refractivity contribution in [2.75, 3.05) is 11.9 Å². The number of anilines is 1. The molecule has 0 saturated heterocycles. The summed E-state index contributed by atoms with van der Waals surface area (Å²) in [6, 6.07) is 14.2. The Kier molecular flexibility index (Phi) is 6.58. The fourth-order valence-electron chi connectivity index (χ4n) is 4.49. The van der Waals surface area contributed by atoms with Gasteiger partial charge in [-0.2, -0.15) is 9.61 Å². The van der Waals surface area contributed by atoms with Gasteiger partial charge < -0.3 is 10.1 Å². The van der Waals surface area contributed by atoms with E-state index < -0.39 is 0 Å². The number of benzene rings is 2. The summed E-state index contributed by atoms with van der Waals surface area (Å²) in [4.78, 5) is 13.4. The van der Waals surface area contributed by atoms with Crippen molar-refractivity contribution >= 4 is 27.9 Å². The second-order valence-electron chi connectivity index (χ2n) is 8.84. The van der Waals surface area contributed by atoms with Crippen LogP contribution < -0.4 is 10.1 Å². The Balaban J connectivity index is 1.22. The first-order valence-electron chi connectivity index (χ1n) is 12.0. The molecule has 1 aliphatic carbocycles. The Morgan fingerprint density at radius 2 is 1.91 bits per heavy atom. The normalized spacial score (nSPS) is 14.4. The number of hydrogen-bond acceptors (Lipinski definition) is 6. The average molecular weight is 476 g/mol. The highest BCUT2D eigenvalue weighted by Crippen LogP contribution is 2.33. The summed E-state index contributed by atoms with van der Waals surface area (Å²) in [5, 5.41) is 16.8. The molecule has 4 aromatic rings. The van der Waals surface area contributed by atoms with Crippen LogP contribution in [0.5, 0.6) is 5.75 Å². The first kappa shape index (κ1) is 22.5. The zero-order chi connectivity index (χ0) is 23.5. The van der Waals surface area contributed by atoms with E-state index in [0.717, 1.165) is 39.0 Å². The molecule has 5 rings (SSSR count). The highest BCUT2D eigenvalue weighted by Gasteiger charge is 2.16. The van der Waals surface area contributed by atoms with E-state index in [1.165, 1.54) is 49.0 Å². The maximum absolute atomic E-state index is 12.6. The molecule has 0 unspecified atom stereocenters. The van der Waals surface area contributed by atoms with E-state index in [4.69, 9.17) is 4.74 Å². The summed E-state index contributed by atoms with van der Waals surface area (Å²) in [6.07, 6.45) is 7.29. The van der Waals surface area contributed by atoms with Crippen molar-refractivity contribution in [3.63, 3.8) is 0 Å². The molecule has 0 bridgehead atoms. The Morgan fingerprint density at radius 3 is 2.68 bits per heavy atom. The van der Waals surface area contributed by atoms with Crippen LogP contribution >= 0.6 is 11.3 Å². The van der Waals surface area contributed by atoms with E-state index in [0.29, 0.717) is 11.7 Å². The lowest BCUT2D eigenvalue weighted by Crippen LogP contribution is -2.20. The topological polar surface area (TPSA) is 81.4 Å². The molecule has 1 N–H and O–H groups in total. The van der Waals surface area contributed by atoms with Crippen molar-refractivity contribution in [3.05, 3.63) is 59.4 Å². The number of nitrogens with one attached hydrogen (secondary N) is 1. The van der Waals surface area contributed by atoms with Crippen LogP contribution in [0.15, 0.2) is 42.5 Å². The van der Waals surface area contributed by atoms with Gasteiger partial charge in [-0.1, -0.05) is 61.8 Å². The quantitative estimate of drug-likeness (QED) is 0.366. The van der Waals surface area contributed by atoms with Gasteiger partial charge in [0.1, 0.15) is 10.8 Å². The lowest BCUT2D eigenvalue weighted by Gasteiger charge is -2.22. The Hall–Kier alpha value is -3.26. The van der Waals surface area contributed by atoms with E-state index in [-0.39, 0.29) is 12.5 Å². The van der Waals surface area contributed by atoms with Gasteiger partial charge in [0, 0.05) is 17.7 Å². The largest absolute Gasteiger partial charge is 0.484 e. The van der Waals surface area contributed by atoms with Gasteiger partial charge in [-0.15, -0.1) is 10.2 Å². The van der Waals surface area contributed by atoms with Crippen LogP contribution in [-0.2, 0) is 11.2 Å². The van der Waals surface area contributed by atoms with Crippen LogP contribution in [0.2, 0.25) is 0 Å². The molecule has 0 spiro atoms. The van der Waals surface area contributed by atoms with E-state index in [9.17, 15) is 4.79 Å². The number of rotatable bonds is 7. The molecule has 2 heterocycles. The lowest BCUT2D eigenvalue weighted by molar-refractivity contribution is -0.118. The van der Waals surface area contributed by atoms with Crippen molar-refractivity contribution in [2.45, 2.75) is 58.3 Å². The number of carbonyl (C=O) groups excluding carboxylic acids is 1. The van der Waals surface area contributed by atoms with E-state index >= 15 is 0 Å². The van der Waals surface area contributed by atoms with Crippen molar-refractivity contribution in [3.8, 4) is 16.3 Å². The average Bonchev–Trinajstić information content (AvgIpc) is 3.46. The zero-order valence-corrected chi connectivity index (χ0v) is 20.4. The van der Waals surface area contributed by atoms with Gasteiger partial charge in [-0.05, 0) is 55.0 Å². The number of ether oxygens (including phenoxy) is 1. The fourth-order valence-corrected chi connectivity index (χ4v) is 5.35. The molecule has 176 valence electrons. The summed E-state index contributed by atoms with van der Waals surface area (Å²) in [7, 11) is 0. The van der Waals surface area contributed by atoms with Crippen molar-refractivity contribution in [1.82, 2.24) is 19.8 Å².